The van der Waals surface area contributed by atoms with Crippen molar-refractivity contribution in [2.45, 2.75) is 83.5 Å². The maximum absolute atomic E-state index is 11.8. The van der Waals surface area contributed by atoms with Crippen molar-refractivity contribution in [2.24, 2.45) is 0 Å². The first-order valence-corrected chi connectivity index (χ1v) is 24.5. The van der Waals surface area contributed by atoms with E-state index < -0.39 is 54.5 Å². The van der Waals surface area contributed by atoms with E-state index in [1.54, 1.807) is 24.3 Å². The molecule has 4 aromatic rings. The third-order valence-corrected chi connectivity index (χ3v) is 14.6. The second kappa shape index (κ2) is 19.0. The van der Waals surface area contributed by atoms with Crippen molar-refractivity contribution < 1.29 is 79.9 Å². The summed E-state index contributed by atoms with van der Waals surface area (Å²) >= 11 is 7.27. The third-order valence-electron chi connectivity index (χ3n) is 12.6. The van der Waals surface area contributed by atoms with Crippen molar-refractivity contribution in [1.29, 1.82) is 0 Å². The first kappa shape index (κ1) is 49.3. The number of rotatable bonds is 15. The minimum Gasteiger partial charge on any atom is -0.748 e. The molecule has 16 heteroatoms. The molecule has 0 atom stereocenters. The number of benzene rings is 4. The Bertz CT molecular complexity index is 2970. The van der Waals surface area contributed by atoms with Crippen molar-refractivity contribution in [3.05, 3.63) is 129 Å². The number of unbranched alkanes of at least 4 members (excludes halogenated alkanes) is 2. The third kappa shape index (κ3) is 10.1. The first-order chi connectivity index (χ1) is 29.6. The Kier molecular flexibility index (Phi) is 14.6. The van der Waals surface area contributed by atoms with E-state index in [0.29, 0.717) is 31.0 Å². The number of nitrogens with zero attached hydrogens (tertiary/aromatic N) is 2. The number of aromatic carboxylic acids is 2. The number of hydrogen-bond acceptors (Lipinski definition) is 9. The van der Waals surface area contributed by atoms with E-state index in [2.05, 4.69) is 49.3 Å². The van der Waals surface area contributed by atoms with E-state index in [-0.39, 0.29) is 53.5 Å². The Morgan fingerprint density at radius 3 is 1.92 bits per heavy atom. The predicted molar refractivity (Wildman–Crippen MR) is 245 cm³/mol. The van der Waals surface area contributed by atoms with Gasteiger partial charge in [0.2, 0.25) is 5.69 Å². The molecule has 12 nitrogen and oxygen atoms in total. The Morgan fingerprint density at radius 2 is 1.33 bits per heavy atom. The van der Waals surface area contributed by atoms with Gasteiger partial charge in [-0.2, -0.15) is 4.58 Å². The largest absolute Gasteiger partial charge is 1.00 e. The average Bonchev–Trinajstić information content (AvgIpc) is 3.56. The molecule has 1 aliphatic carbocycles. The van der Waals surface area contributed by atoms with Crippen LogP contribution in [0, 0.1) is 0 Å². The van der Waals surface area contributed by atoms with Crippen molar-refractivity contribution in [1.82, 2.24) is 0 Å². The van der Waals surface area contributed by atoms with E-state index in [0.717, 1.165) is 85.9 Å². The van der Waals surface area contributed by atoms with Crippen LogP contribution in [0.15, 0.2) is 107 Å². The van der Waals surface area contributed by atoms with Gasteiger partial charge in [0.05, 0.1) is 36.8 Å². The number of anilines is 1. The SMILES string of the molecule is CC1(C)C(=C/C=C2\CCCC(/C=C/C3=[N+](CCCCS(=O)(=O)[O-])c4ccc5cc(C(=O)O)ccc5c4C3(C)C)=C2Cl)N(CCCCS(=O)(=O)[O-])c2ccc3cc(C(=O)O)ccc3c21.[Na+]. The minimum atomic E-state index is -4.37. The standard InChI is InChI=1S/C48H51ClN2O10S2.Na/c1-47(2)40(50(24-5-7-26-62(56,57)58)38-20-14-32-28-34(45(52)53)12-18-36(32)42(38)47)22-16-30-10-9-11-31(44(30)49)17-23-41-48(3,4)43-37-19-13-35(46(54)55)29-33(37)15-21-39(43)51(41)25-6-8-27-63(59,60)61;/h12-23,28-29H,5-11,24-27H2,1-4H3,(H3-,52,53,54,55,56,57,58,59,60,61);/q;+1/p-1. The van der Waals surface area contributed by atoms with E-state index in [4.69, 9.17) is 11.6 Å². The zero-order valence-corrected chi connectivity index (χ0v) is 41.0. The van der Waals surface area contributed by atoms with Crippen molar-refractivity contribution >= 4 is 82.4 Å². The summed E-state index contributed by atoms with van der Waals surface area (Å²) in [5.41, 5.74) is 6.88. The molecule has 0 saturated heterocycles. The van der Waals surface area contributed by atoms with Crippen LogP contribution in [0.3, 0.4) is 0 Å². The van der Waals surface area contributed by atoms with Gasteiger partial charge in [-0.25, -0.2) is 26.4 Å². The molecule has 0 bridgehead atoms. The van der Waals surface area contributed by atoms with Crippen LogP contribution in [0.5, 0.6) is 0 Å². The summed E-state index contributed by atoms with van der Waals surface area (Å²) in [6, 6.07) is 17.9. The number of halogens is 1. The van der Waals surface area contributed by atoms with Crippen LogP contribution in [0.25, 0.3) is 21.5 Å². The zero-order valence-electron chi connectivity index (χ0n) is 36.6. The first-order valence-electron chi connectivity index (χ1n) is 21.0. The van der Waals surface area contributed by atoms with E-state index in [1.807, 2.05) is 48.6 Å². The topological polar surface area (TPSA) is 195 Å². The van der Waals surface area contributed by atoms with Gasteiger partial charge in [-0.15, -0.1) is 0 Å². The summed E-state index contributed by atoms with van der Waals surface area (Å²) in [7, 11) is -8.74. The second-order valence-corrected chi connectivity index (χ2v) is 21.0. The van der Waals surface area contributed by atoms with Gasteiger partial charge in [0, 0.05) is 64.0 Å². The summed E-state index contributed by atoms with van der Waals surface area (Å²) < 4.78 is 70.7. The maximum Gasteiger partial charge on any atom is 1.00 e. The van der Waals surface area contributed by atoms with Crippen molar-refractivity contribution in [3.8, 4) is 0 Å². The van der Waals surface area contributed by atoms with E-state index >= 15 is 0 Å². The van der Waals surface area contributed by atoms with Gasteiger partial charge in [0.1, 0.15) is 6.54 Å². The molecule has 64 heavy (non-hydrogen) atoms. The number of carboxylic acid groups (broad SMARTS) is 2. The molecule has 0 aromatic heterocycles. The summed E-state index contributed by atoms with van der Waals surface area (Å²) in [5, 5.41) is 23.3. The molecule has 2 N–H and O–H groups in total. The summed E-state index contributed by atoms with van der Waals surface area (Å²) in [4.78, 5) is 25.8. The summed E-state index contributed by atoms with van der Waals surface area (Å²) in [6.07, 6.45) is 11.8. The fourth-order valence-electron chi connectivity index (χ4n) is 9.60. The van der Waals surface area contributed by atoms with E-state index in [9.17, 15) is 45.7 Å². The molecule has 0 unspecified atom stereocenters. The number of hydrogen-bond donors (Lipinski definition) is 2. The molecule has 0 spiro atoms. The van der Waals surface area contributed by atoms with Crippen LogP contribution in [0.4, 0.5) is 11.4 Å². The molecule has 2 aliphatic heterocycles. The predicted octanol–water partition coefficient (Wildman–Crippen LogP) is 6.26. The molecule has 0 amide bonds. The Morgan fingerprint density at radius 1 is 0.750 bits per heavy atom. The number of carbonyl (C=O) groups is 2. The van der Waals surface area contributed by atoms with Gasteiger partial charge >= 0.3 is 41.5 Å². The molecule has 2 heterocycles. The van der Waals surface area contributed by atoms with Crippen molar-refractivity contribution in [3.63, 3.8) is 0 Å². The fourth-order valence-corrected chi connectivity index (χ4v) is 11.0. The van der Waals surface area contributed by atoms with Crippen LogP contribution in [0.2, 0.25) is 0 Å². The maximum atomic E-state index is 11.8. The Labute approximate surface area is 401 Å². The van der Waals surface area contributed by atoms with Crippen LogP contribution in [-0.2, 0) is 31.1 Å². The van der Waals surface area contributed by atoms with Gasteiger partial charge in [0.25, 0.3) is 0 Å². The normalized spacial score (nSPS) is 18.4. The molecule has 0 fully saturated rings. The monoisotopic (exact) mass is 936 g/mol. The molecule has 0 saturated carbocycles. The quantitative estimate of drug-likeness (QED) is 0.0591. The van der Waals surface area contributed by atoms with Gasteiger partial charge in [-0.05, 0) is 133 Å². The zero-order chi connectivity index (χ0) is 45.6. The van der Waals surface area contributed by atoms with Crippen LogP contribution in [-0.4, -0.2) is 83.0 Å². The van der Waals surface area contributed by atoms with Crippen molar-refractivity contribution in [2.75, 3.05) is 29.5 Å². The summed E-state index contributed by atoms with van der Waals surface area (Å²) in [5.74, 6) is -2.95. The molecular weight excluding hydrogens is 887 g/mol. The number of allylic oxidation sites excluding steroid dienone is 8. The molecular formula is C48H50ClN2NaO10S2. The molecule has 3 aliphatic rings. The molecule has 0 radical (unpaired) electrons. The minimum absolute atomic E-state index is 0. The van der Waals surface area contributed by atoms with Gasteiger partial charge in [-0.1, -0.05) is 55.8 Å². The van der Waals surface area contributed by atoms with Gasteiger partial charge in [0.15, 0.2) is 5.71 Å². The Hall–Kier alpha value is -4.12. The fraction of sp³-hybridized carbons (Fsp3) is 0.354. The summed E-state index contributed by atoms with van der Waals surface area (Å²) in [6.45, 7) is 9.32. The van der Waals surface area contributed by atoms with Gasteiger partial charge < -0.3 is 24.2 Å². The smallest absolute Gasteiger partial charge is 0.748 e. The van der Waals surface area contributed by atoms with Crippen LogP contribution >= 0.6 is 11.6 Å². The Balaban J connectivity index is 0.00000680. The number of fused-ring (bicyclic) bond motifs is 6. The molecule has 332 valence electrons. The number of carboxylic acids is 2. The van der Waals surface area contributed by atoms with Crippen LogP contribution in [0.1, 0.15) is 104 Å². The average molecular weight is 938 g/mol. The molecule has 4 aromatic carbocycles. The second-order valence-electron chi connectivity index (χ2n) is 17.5. The van der Waals surface area contributed by atoms with Gasteiger partial charge in [-0.3, -0.25) is 0 Å². The van der Waals surface area contributed by atoms with E-state index in [1.165, 1.54) is 0 Å². The van der Waals surface area contributed by atoms with Crippen LogP contribution < -0.4 is 34.5 Å². The molecule has 7 rings (SSSR count).